The van der Waals surface area contributed by atoms with Crippen LogP contribution in [0, 0.1) is 5.82 Å². The van der Waals surface area contributed by atoms with Gasteiger partial charge in [0, 0.05) is 25.8 Å². The Morgan fingerprint density at radius 2 is 1.12 bits per heavy atom. The maximum Gasteiger partial charge on any atom is 0.408 e. The highest BCUT2D eigenvalue weighted by Crippen LogP contribution is 2.31. The van der Waals surface area contributed by atoms with E-state index in [0.29, 0.717) is 33.6 Å². The predicted molar refractivity (Wildman–Crippen MR) is 249 cm³/mol. The van der Waals surface area contributed by atoms with Crippen LogP contribution in [0.2, 0.25) is 0 Å². The van der Waals surface area contributed by atoms with Gasteiger partial charge in [0.25, 0.3) is 0 Å². The van der Waals surface area contributed by atoms with Crippen molar-refractivity contribution < 1.29 is 52.4 Å². The molecule has 6 aromatic rings. The minimum atomic E-state index is -1.60. The van der Waals surface area contributed by atoms with E-state index in [-0.39, 0.29) is 44.8 Å². The topological polar surface area (TPSA) is 191 Å². The summed E-state index contributed by atoms with van der Waals surface area (Å²) in [6.45, 7) is -0.564. The molecule has 1 aliphatic heterocycles. The fourth-order valence-electron chi connectivity index (χ4n) is 7.39. The number of amides is 4. The molecule has 0 aromatic heterocycles. The van der Waals surface area contributed by atoms with Gasteiger partial charge in [0.2, 0.25) is 11.8 Å². The van der Waals surface area contributed by atoms with Crippen LogP contribution in [0.3, 0.4) is 0 Å². The summed E-state index contributed by atoms with van der Waals surface area (Å²) in [7, 11) is 0. The second-order valence-electron chi connectivity index (χ2n) is 16.1. The van der Waals surface area contributed by atoms with Crippen LogP contribution in [0.4, 0.5) is 14.0 Å². The first-order valence-corrected chi connectivity index (χ1v) is 22.1. The van der Waals surface area contributed by atoms with Gasteiger partial charge in [-0.05, 0) is 68.8 Å². The first kappa shape index (κ1) is 47.9. The molecule has 4 bridgehead atoms. The first-order chi connectivity index (χ1) is 33.1. The summed E-state index contributed by atoms with van der Waals surface area (Å²) in [6, 6.07) is 41.2. The first-order valence-electron chi connectivity index (χ1n) is 22.1. The van der Waals surface area contributed by atoms with Gasteiger partial charge in [-0.15, -0.1) is 0 Å². The molecule has 15 heteroatoms. The Kier molecular flexibility index (Phi) is 16.9. The third kappa shape index (κ3) is 14.2. The fourth-order valence-corrected chi connectivity index (χ4v) is 7.39. The Morgan fingerprint density at radius 1 is 0.603 bits per heavy atom. The van der Waals surface area contributed by atoms with Crippen molar-refractivity contribution in [3.8, 4) is 16.9 Å². The molecule has 68 heavy (non-hydrogen) atoms. The summed E-state index contributed by atoms with van der Waals surface area (Å²) in [6.07, 6.45) is -4.32. The Hall–Kier alpha value is -8.04. The lowest BCUT2D eigenvalue weighted by Gasteiger charge is -2.27. The van der Waals surface area contributed by atoms with Gasteiger partial charge in [0.15, 0.2) is 0 Å². The van der Waals surface area contributed by atoms with Crippen LogP contribution in [-0.2, 0) is 67.9 Å². The summed E-state index contributed by atoms with van der Waals surface area (Å²) in [5.74, 6) is -2.99. The second kappa shape index (κ2) is 23.9. The van der Waals surface area contributed by atoms with E-state index < -0.39 is 73.0 Å². The third-order valence-electron chi connectivity index (χ3n) is 11.0. The number of carbonyl (C=O) groups is 5. The molecule has 0 radical (unpaired) electrons. The SMILES string of the molecule is O=C(NC[C@H](O)C[C@@H]1NC(=O)[C@@H](NC(=O)OCc2ccccc2)Cc2cc(ccc2OCc2ccccc2)-c2ccc(F)c(c2)C[C@@H](C(=O)OCc2ccccc2)NC1=O)OCc1ccccc1. The van der Waals surface area contributed by atoms with E-state index in [4.69, 9.17) is 18.9 Å². The zero-order valence-corrected chi connectivity index (χ0v) is 37.0. The van der Waals surface area contributed by atoms with Crippen molar-refractivity contribution in [1.82, 2.24) is 21.3 Å². The molecule has 0 fully saturated rings. The number of esters is 1. The number of hydrogen-bond donors (Lipinski definition) is 5. The number of benzene rings is 6. The van der Waals surface area contributed by atoms with Gasteiger partial charge in [0.05, 0.1) is 6.10 Å². The van der Waals surface area contributed by atoms with Crippen molar-refractivity contribution >= 4 is 30.0 Å². The molecule has 0 saturated heterocycles. The normalized spacial score (nSPS) is 16.3. The van der Waals surface area contributed by atoms with Crippen LogP contribution in [0.25, 0.3) is 11.1 Å². The Labute approximate surface area is 392 Å². The third-order valence-corrected chi connectivity index (χ3v) is 11.0. The number of rotatable bonds is 15. The van der Waals surface area contributed by atoms with E-state index in [9.17, 15) is 29.1 Å². The number of ether oxygens (including phenoxy) is 4. The maximum absolute atomic E-state index is 15.8. The maximum atomic E-state index is 15.8. The molecule has 14 nitrogen and oxygen atoms in total. The number of fused-ring (bicyclic) bond motifs is 5. The highest BCUT2D eigenvalue weighted by atomic mass is 19.1. The molecule has 1 heterocycles. The average Bonchev–Trinajstić information content (AvgIpc) is 3.36. The van der Waals surface area contributed by atoms with Crippen LogP contribution < -0.4 is 26.0 Å². The zero-order valence-electron chi connectivity index (χ0n) is 37.0. The number of aliphatic hydroxyl groups is 1. The van der Waals surface area contributed by atoms with E-state index in [2.05, 4.69) is 21.3 Å². The van der Waals surface area contributed by atoms with Gasteiger partial charge < -0.3 is 45.3 Å². The van der Waals surface area contributed by atoms with E-state index in [1.807, 2.05) is 42.5 Å². The summed E-state index contributed by atoms with van der Waals surface area (Å²) in [4.78, 5) is 69.1. The van der Waals surface area contributed by atoms with E-state index in [0.717, 1.165) is 11.1 Å². The van der Waals surface area contributed by atoms with Gasteiger partial charge in [-0.2, -0.15) is 0 Å². The molecule has 6 aromatic carbocycles. The Morgan fingerprint density at radius 3 is 1.71 bits per heavy atom. The van der Waals surface area contributed by atoms with Crippen molar-refractivity contribution in [3.05, 3.63) is 197 Å². The number of aliphatic hydroxyl groups excluding tert-OH is 1. The van der Waals surface area contributed by atoms with Crippen LogP contribution >= 0.6 is 0 Å². The molecule has 350 valence electrons. The molecule has 7 rings (SSSR count). The van der Waals surface area contributed by atoms with E-state index in [1.54, 1.807) is 109 Å². The minimum absolute atomic E-state index is 0.0425. The number of alkyl carbamates (subject to hydrolysis) is 2. The van der Waals surface area contributed by atoms with Gasteiger partial charge in [-0.25, -0.2) is 18.8 Å². The molecular formula is C53H51FN4O10. The van der Waals surface area contributed by atoms with E-state index >= 15 is 4.39 Å². The quantitative estimate of drug-likeness (QED) is 0.0538. The standard InChI is InChI=1S/C53H51FN4O10/c54-44-23-21-39-25-41(44)27-47(51(62)66-32-36-15-7-2-8-16-36)57-50(61)46(29-43(59)30-55-52(63)67-33-37-17-9-3-10-18-37)56-49(60)45(58-53(64)68-34-38-19-11-4-12-20-38)28-42-26-40(39)22-24-48(42)65-31-35-13-5-1-6-14-35/h1-26,43,45-47,59H,27-34H2,(H,55,63)(H,56,60)(H,57,61)(H,58,64)/t43-,45+,46+,47+/m1/s1. The van der Waals surface area contributed by atoms with Crippen molar-refractivity contribution in [3.63, 3.8) is 0 Å². The second-order valence-corrected chi connectivity index (χ2v) is 16.1. The molecule has 5 N–H and O–H groups in total. The fraction of sp³-hybridized carbons (Fsp3) is 0.226. The van der Waals surface area contributed by atoms with Crippen LogP contribution in [-0.4, -0.2) is 65.9 Å². The molecule has 0 aliphatic carbocycles. The monoisotopic (exact) mass is 922 g/mol. The number of halogens is 1. The highest BCUT2D eigenvalue weighted by Gasteiger charge is 2.34. The molecule has 4 amide bonds. The van der Waals surface area contributed by atoms with Gasteiger partial charge in [-0.1, -0.05) is 133 Å². The van der Waals surface area contributed by atoms with Gasteiger partial charge in [-0.3, -0.25) is 9.59 Å². The lowest BCUT2D eigenvalue weighted by Crippen LogP contribution is -2.57. The molecule has 0 saturated carbocycles. The Balaban J connectivity index is 1.22. The van der Waals surface area contributed by atoms with Crippen molar-refractivity contribution in [2.75, 3.05) is 6.54 Å². The molecule has 4 atom stereocenters. The zero-order chi connectivity index (χ0) is 47.7. The van der Waals surface area contributed by atoms with Crippen molar-refractivity contribution in [2.24, 2.45) is 0 Å². The minimum Gasteiger partial charge on any atom is -0.489 e. The Bertz CT molecular complexity index is 2640. The average molecular weight is 923 g/mol. The lowest BCUT2D eigenvalue weighted by molar-refractivity contribution is -0.149. The van der Waals surface area contributed by atoms with Crippen LogP contribution in [0.15, 0.2) is 158 Å². The summed E-state index contributed by atoms with van der Waals surface area (Å²) in [5.41, 5.74) is 4.62. The molecule has 0 spiro atoms. The van der Waals surface area contributed by atoms with Gasteiger partial charge in [0.1, 0.15) is 56.1 Å². The summed E-state index contributed by atoms with van der Waals surface area (Å²) >= 11 is 0. The smallest absolute Gasteiger partial charge is 0.408 e. The largest absolute Gasteiger partial charge is 0.489 e. The molecule has 0 unspecified atom stereocenters. The van der Waals surface area contributed by atoms with Crippen molar-refractivity contribution in [1.29, 1.82) is 0 Å². The number of carbonyl (C=O) groups excluding carboxylic acids is 5. The van der Waals surface area contributed by atoms with Crippen molar-refractivity contribution in [2.45, 2.75) is 69.9 Å². The lowest BCUT2D eigenvalue weighted by atomic mass is 9.95. The molecule has 1 aliphatic rings. The predicted octanol–water partition coefficient (Wildman–Crippen LogP) is 6.86. The van der Waals surface area contributed by atoms with E-state index in [1.165, 1.54) is 6.07 Å². The summed E-state index contributed by atoms with van der Waals surface area (Å²) in [5, 5.41) is 21.7. The van der Waals surface area contributed by atoms with Gasteiger partial charge >= 0.3 is 18.2 Å². The summed E-state index contributed by atoms with van der Waals surface area (Å²) < 4.78 is 38.5. The highest BCUT2D eigenvalue weighted by molar-refractivity contribution is 5.93. The van der Waals surface area contributed by atoms with Crippen LogP contribution in [0.1, 0.15) is 39.8 Å². The number of hydrogen-bond acceptors (Lipinski definition) is 10. The molecular weight excluding hydrogens is 872 g/mol. The number of nitrogens with one attached hydrogen (secondary N) is 4. The van der Waals surface area contributed by atoms with Crippen LogP contribution in [0.5, 0.6) is 5.75 Å².